The van der Waals surface area contributed by atoms with Crippen LogP contribution in [0.2, 0.25) is 0 Å². The zero-order chi connectivity index (χ0) is 14.5. The van der Waals surface area contributed by atoms with Gasteiger partial charge in [-0.15, -0.1) is 0 Å². The predicted octanol–water partition coefficient (Wildman–Crippen LogP) is 2.55. The predicted molar refractivity (Wildman–Crippen MR) is 82.1 cm³/mol. The van der Waals surface area contributed by atoms with Gasteiger partial charge < -0.3 is 9.84 Å². The fraction of sp³-hybridized carbons (Fsp3) is 0.875. The lowest BCUT2D eigenvalue weighted by molar-refractivity contribution is 0.176. The van der Waals surface area contributed by atoms with Gasteiger partial charge in [0, 0.05) is 32.6 Å². The van der Waals surface area contributed by atoms with E-state index in [0.29, 0.717) is 0 Å². The van der Waals surface area contributed by atoms with Gasteiger partial charge in [-0.05, 0) is 19.3 Å². The molecular weight excluding hydrogens is 264 g/mol. The van der Waals surface area contributed by atoms with Gasteiger partial charge in [-0.2, -0.15) is 4.98 Å². The van der Waals surface area contributed by atoms with Gasteiger partial charge in [-0.3, -0.25) is 4.90 Å². The fourth-order valence-corrected chi connectivity index (χ4v) is 3.58. The number of rotatable bonds is 5. The molecule has 0 amide bonds. The molecule has 1 aliphatic carbocycles. The summed E-state index contributed by atoms with van der Waals surface area (Å²) in [6.45, 7) is 6.41. The highest BCUT2D eigenvalue weighted by Gasteiger charge is 2.22. The lowest BCUT2D eigenvalue weighted by Gasteiger charge is -2.30. The Balaban J connectivity index is 1.50. The van der Waals surface area contributed by atoms with E-state index >= 15 is 0 Å². The van der Waals surface area contributed by atoms with Crippen LogP contribution in [0.3, 0.4) is 0 Å². The molecular formula is C16H28N4O. The highest BCUT2D eigenvalue weighted by molar-refractivity contribution is 4.94. The molecule has 3 rings (SSSR count). The molecule has 1 saturated carbocycles. The molecule has 1 N–H and O–H groups in total. The number of hydrogen-bond acceptors (Lipinski definition) is 5. The summed E-state index contributed by atoms with van der Waals surface area (Å²) in [6, 6.07) is 0.263. The summed E-state index contributed by atoms with van der Waals surface area (Å²) in [6.07, 6.45) is 9.16. The highest BCUT2D eigenvalue weighted by Crippen LogP contribution is 2.27. The molecule has 1 aromatic rings. The van der Waals surface area contributed by atoms with E-state index < -0.39 is 0 Å². The van der Waals surface area contributed by atoms with Crippen LogP contribution in [0, 0.1) is 5.92 Å². The Hall–Kier alpha value is -0.940. The summed E-state index contributed by atoms with van der Waals surface area (Å²) in [5, 5.41) is 7.58. The van der Waals surface area contributed by atoms with Crippen LogP contribution in [0.1, 0.15) is 63.2 Å². The summed E-state index contributed by atoms with van der Waals surface area (Å²) in [4.78, 5) is 7.05. The fourth-order valence-electron chi connectivity index (χ4n) is 3.58. The molecule has 118 valence electrons. The zero-order valence-corrected chi connectivity index (χ0v) is 13.2. The van der Waals surface area contributed by atoms with Crippen LogP contribution < -0.4 is 5.32 Å². The highest BCUT2D eigenvalue weighted by atomic mass is 16.5. The van der Waals surface area contributed by atoms with Gasteiger partial charge in [0.15, 0.2) is 5.82 Å². The molecule has 0 spiro atoms. The molecule has 0 bridgehead atoms. The van der Waals surface area contributed by atoms with E-state index in [4.69, 9.17) is 4.52 Å². The third-order valence-corrected chi connectivity index (χ3v) is 5.05. The molecule has 2 fully saturated rings. The number of aromatic nitrogens is 2. The van der Waals surface area contributed by atoms with Gasteiger partial charge in [0.05, 0.1) is 6.04 Å². The van der Waals surface area contributed by atoms with E-state index in [-0.39, 0.29) is 6.04 Å². The second kappa shape index (κ2) is 7.36. The van der Waals surface area contributed by atoms with E-state index in [1.165, 1.54) is 38.5 Å². The van der Waals surface area contributed by atoms with Crippen molar-refractivity contribution in [3.05, 3.63) is 11.7 Å². The maximum absolute atomic E-state index is 5.46. The Morgan fingerprint density at radius 1 is 1.24 bits per heavy atom. The minimum atomic E-state index is 0.263. The number of nitrogens with one attached hydrogen (secondary N) is 1. The van der Waals surface area contributed by atoms with Crippen molar-refractivity contribution < 1.29 is 4.52 Å². The Bertz CT molecular complexity index is 422. The van der Waals surface area contributed by atoms with Crippen molar-refractivity contribution in [1.29, 1.82) is 0 Å². The first-order chi connectivity index (χ1) is 10.3. The second-order valence-corrected chi connectivity index (χ2v) is 6.55. The first kappa shape index (κ1) is 15.0. The van der Waals surface area contributed by atoms with Crippen molar-refractivity contribution in [3.63, 3.8) is 0 Å². The minimum absolute atomic E-state index is 0.263. The summed E-state index contributed by atoms with van der Waals surface area (Å²) in [7, 11) is 0. The van der Waals surface area contributed by atoms with Crippen LogP contribution >= 0.6 is 0 Å². The molecule has 2 aliphatic rings. The van der Waals surface area contributed by atoms with Gasteiger partial charge in [-0.25, -0.2) is 0 Å². The van der Waals surface area contributed by atoms with Crippen molar-refractivity contribution in [3.8, 4) is 0 Å². The average molecular weight is 292 g/mol. The van der Waals surface area contributed by atoms with Crippen LogP contribution in [-0.2, 0) is 6.42 Å². The monoisotopic (exact) mass is 292 g/mol. The topological polar surface area (TPSA) is 54.2 Å². The van der Waals surface area contributed by atoms with Crippen LogP contribution in [0.25, 0.3) is 0 Å². The molecule has 21 heavy (non-hydrogen) atoms. The van der Waals surface area contributed by atoms with Crippen LogP contribution in [0.5, 0.6) is 0 Å². The summed E-state index contributed by atoms with van der Waals surface area (Å²) >= 11 is 0. The number of piperazine rings is 1. The molecule has 1 atom stereocenters. The van der Waals surface area contributed by atoms with Gasteiger partial charge in [-0.1, -0.05) is 37.3 Å². The third-order valence-electron chi connectivity index (χ3n) is 5.05. The normalized spacial score (nSPS) is 23.3. The Morgan fingerprint density at radius 2 is 2.00 bits per heavy atom. The Morgan fingerprint density at radius 3 is 2.76 bits per heavy atom. The van der Waals surface area contributed by atoms with E-state index in [2.05, 4.69) is 27.3 Å². The molecule has 0 radical (unpaired) electrons. The number of nitrogens with zero attached hydrogens (tertiary/aromatic N) is 3. The van der Waals surface area contributed by atoms with Crippen molar-refractivity contribution in [2.45, 2.75) is 57.9 Å². The van der Waals surface area contributed by atoms with Gasteiger partial charge in [0.25, 0.3) is 0 Å². The first-order valence-corrected chi connectivity index (χ1v) is 8.60. The second-order valence-electron chi connectivity index (χ2n) is 6.55. The standard InChI is InChI=1S/C16H28N4O/c1-13(20-11-9-17-10-12-20)16-18-15(21-19-16)8-7-14-5-3-2-4-6-14/h13-14,17H,2-12H2,1H3. The molecule has 5 nitrogen and oxygen atoms in total. The van der Waals surface area contributed by atoms with E-state index in [1.54, 1.807) is 0 Å². The van der Waals surface area contributed by atoms with Gasteiger partial charge >= 0.3 is 0 Å². The molecule has 1 saturated heterocycles. The number of aryl methyl sites for hydroxylation is 1. The molecule has 1 aliphatic heterocycles. The lowest BCUT2D eigenvalue weighted by atomic mass is 9.86. The molecule has 2 heterocycles. The first-order valence-electron chi connectivity index (χ1n) is 8.60. The molecule has 5 heteroatoms. The van der Waals surface area contributed by atoms with Crippen molar-refractivity contribution in [2.24, 2.45) is 5.92 Å². The average Bonchev–Trinajstić information content (AvgIpc) is 3.03. The number of hydrogen-bond donors (Lipinski definition) is 1. The maximum Gasteiger partial charge on any atom is 0.226 e. The SMILES string of the molecule is CC(c1noc(CCC2CCCCC2)n1)N1CCNCC1. The zero-order valence-electron chi connectivity index (χ0n) is 13.2. The molecule has 1 unspecified atom stereocenters. The van der Waals surface area contributed by atoms with E-state index in [9.17, 15) is 0 Å². The summed E-state index contributed by atoms with van der Waals surface area (Å²) in [5.74, 6) is 2.56. The largest absolute Gasteiger partial charge is 0.339 e. The minimum Gasteiger partial charge on any atom is -0.339 e. The molecule has 1 aromatic heterocycles. The maximum atomic E-state index is 5.46. The van der Waals surface area contributed by atoms with Crippen molar-refractivity contribution >= 4 is 0 Å². The quantitative estimate of drug-likeness (QED) is 0.904. The molecule has 0 aromatic carbocycles. The lowest BCUT2D eigenvalue weighted by Crippen LogP contribution is -2.44. The van der Waals surface area contributed by atoms with Crippen LogP contribution in [-0.4, -0.2) is 41.2 Å². The summed E-state index contributed by atoms with van der Waals surface area (Å²) < 4.78 is 5.46. The summed E-state index contributed by atoms with van der Waals surface area (Å²) in [5.41, 5.74) is 0. The van der Waals surface area contributed by atoms with Gasteiger partial charge in [0.1, 0.15) is 0 Å². The smallest absolute Gasteiger partial charge is 0.226 e. The van der Waals surface area contributed by atoms with E-state index in [1.807, 2.05) is 0 Å². The van der Waals surface area contributed by atoms with Crippen molar-refractivity contribution in [1.82, 2.24) is 20.4 Å². The Labute approximate surface area is 127 Å². The van der Waals surface area contributed by atoms with Crippen molar-refractivity contribution in [2.75, 3.05) is 26.2 Å². The van der Waals surface area contributed by atoms with Crippen LogP contribution in [0.4, 0.5) is 0 Å². The third kappa shape index (κ3) is 4.04. The van der Waals surface area contributed by atoms with Crippen LogP contribution in [0.15, 0.2) is 4.52 Å². The van der Waals surface area contributed by atoms with Gasteiger partial charge in [0.2, 0.25) is 5.89 Å². The Kier molecular flexibility index (Phi) is 5.25. The van der Waals surface area contributed by atoms with E-state index in [0.717, 1.165) is 50.2 Å².